The molecule has 6 nitrogen and oxygen atoms in total. The Morgan fingerprint density at radius 2 is 2.21 bits per heavy atom. The Morgan fingerprint density at radius 1 is 1.46 bits per heavy atom. The van der Waals surface area contributed by atoms with Gasteiger partial charge in [-0.25, -0.2) is 8.78 Å². The fourth-order valence-electron chi connectivity index (χ4n) is 3.44. The molecule has 2 atom stereocenters. The van der Waals surface area contributed by atoms with E-state index < -0.39 is 24.9 Å². The van der Waals surface area contributed by atoms with Crippen molar-refractivity contribution in [2.45, 2.75) is 57.0 Å². The molecule has 1 aromatic heterocycles. The molecular formula is C15H24ClF2N5O. The lowest BCUT2D eigenvalue weighted by atomic mass is 9.96. The molecule has 0 radical (unpaired) electrons. The summed E-state index contributed by atoms with van der Waals surface area (Å²) in [4.78, 5) is 14.2. The van der Waals surface area contributed by atoms with Gasteiger partial charge in [-0.15, -0.1) is 22.6 Å². The zero-order valence-electron chi connectivity index (χ0n) is 13.9. The largest absolute Gasteiger partial charge is 0.341 e. The second kappa shape index (κ2) is 7.31. The monoisotopic (exact) mass is 363 g/mol. The van der Waals surface area contributed by atoms with Crippen LogP contribution in [0.2, 0.25) is 0 Å². The molecule has 1 N–H and O–H groups in total. The number of nitrogens with zero attached hydrogens (tertiary/aromatic N) is 4. The van der Waals surface area contributed by atoms with Gasteiger partial charge >= 0.3 is 0 Å². The zero-order valence-corrected chi connectivity index (χ0v) is 14.7. The molecule has 0 aromatic carbocycles. The number of hydrogen-bond donors (Lipinski definition) is 1. The molecule has 0 spiro atoms. The van der Waals surface area contributed by atoms with Crippen molar-refractivity contribution in [1.29, 1.82) is 0 Å². The van der Waals surface area contributed by atoms with Gasteiger partial charge in [0.05, 0.1) is 12.6 Å². The number of likely N-dealkylation sites (tertiary alicyclic amines) is 1. The van der Waals surface area contributed by atoms with Crippen LogP contribution in [-0.4, -0.2) is 57.2 Å². The molecular weight excluding hydrogens is 340 g/mol. The van der Waals surface area contributed by atoms with E-state index >= 15 is 0 Å². The van der Waals surface area contributed by atoms with Crippen molar-refractivity contribution in [3.8, 4) is 0 Å². The van der Waals surface area contributed by atoms with Crippen molar-refractivity contribution in [3.63, 3.8) is 0 Å². The summed E-state index contributed by atoms with van der Waals surface area (Å²) < 4.78 is 28.6. The highest BCUT2D eigenvalue weighted by atomic mass is 35.5. The molecule has 2 saturated heterocycles. The van der Waals surface area contributed by atoms with E-state index in [1.54, 1.807) is 11.2 Å². The predicted molar refractivity (Wildman–Crippen MR) is 87.6 cm³/mol. The highest BCUT2D eigenvalue weighted by molar-refractivity contribution is 5.85. The van der Waals surface area contributed by atoms with Crippen LogP contribution < -0.4 is 5.32 Å². The molecule has 24 heavy (non-hydrogen) atoms. The van der Waals surface area contributed by atoms with Crippen molar-refractivity contribution < 1.29 is 13.6 Å². The van der Waals surface area contributed by atoms with E-state index in [1.165, 1.54) is 0 Å². The van der Waals surface area contributed by atoms with Crippen LogP contribution in [0.4, 0.5) is 8.78 Å². The van der Waals surface area contributed by atoms with Crippen LogP contribution in [0.5, 0.6) is 0 Å². The molecule has 9 heteroatoms. The molecule has 0 aliphatic carbocycles. The molecule has 3 heterocycles. The first kappa shape index (κ1) is 19.1. The minimum absolute atomic E-state index is 0. The number of aromatic nitrogens is 3. The topological polar surface area (TPSA) is 63.1 Å². The Labute approximate surface area is 146 Å². The molecule has 1 amide bonds. The number of rotatable bonds is 3. The minimum atomic E-state index is -2.78. The third-order valence-corrected chi connectivity index (χ3v) is 4.66. The van der Waals surface area contributed by atoms with Crippen molar-refractivity contribution >= 4 is 18.3 Å². The number of halogens is 3. The molecule has 136 valence electrons. The maximum absolute atomic E-state index is 13.3. The molecule has 1 aromatic rings. The van der Waals surface area contributed by atoms with Crippen molar-refractivity contribution in [2.24, 2.45) is 0 Å². The number of carbonyl (C=O) groups excluding carboxylic acids is 1. The molecule has 0 saturated carbocycles. The third kappa shape index (κ3) is 3.85. The normalized spacial score (nSPS) is 26.5. The molecule has 2 aliphatic rings. The van der Waals surface area contributed by atoms with Crippen LogP contribution in [0.1, 0.15) is 50.9 Å². The second-order valence-electron chi connectivity index (χ2n) is 6.81. The fraction of sp³-hybridized carbons (Fsp3) is 0.800. The van der Waals surface area contributed by atoms with Crippen molar-refractivity contribution in [3.05, 3.63) is 12.2 Å². The van der Waals surface area contributed by atoms with Gasteiger partial charge in [-0.1, -0.05) is 0 Å². The molecule has 0 bridgehead atoms. The van der Waals surface area contributed by atoms with E-state index in [2.05, 4.69) is 29.4 Å². The fourth-order valence-corrected chi connectivity index (χ4v) is 3.44. The number of carbonyl (C=O) groups is 1. The van der Waals surface area contributed by atoms with E-state index in [4.69, 9.17) is 0 Å². The summed E-state index contributed by atoms with van der Waals surface area (Å²) in [6.07, 6.45) is 3.09. The summed E-state index contributed by atoms with van der Waals surface area (Å²) >= 11 is 0. The Kier molecular flexibility index (Phi) is 5.80. The van der Waals surface area contributed by atoms with Crippen molar-refractivity contribution in [2.75, 3.05) is 19.6 Å². The van der Waals surface area contributed by atoms with E-state index in [-0.39, 0.29) is 30.3 Å². The van der Waals surface area contributed by atoms with Gasteiger partial charge in [-0.2, -0.15) is 0 Å². The summed E-state index contributed by atoms with van der Waals surface area (Å²) in [5.74, 6) is -2.02. The molecule has 3 rings (SSSR count). The lowest BCUT2D eigenvalue weighted by molar-refractivity contribution is -0.135. The van der Waals surface area contributed by atoms with Crippen LogP contribution in [0.25, 0.3) is 0 Å². The number of nitrogens with one attached hydrogen (secondary N) is 1. The average Bonchev–Trinajstić information content (AvgIpc) is 3.13. The van der Waals surface area contributed by atoms with Gasteiger partial charge in [0.15, 0.2) is 0 Å². The number of amides is 1. The summed E-state index contributed by atoms with van der Waals surface area (Å²) in [6, 6.07) is -0.520. The van der Waals surface area contributed by atoms with E-state index in [0.717, 1.165) is 18.7 Å². The van der Waals surface area contributed by atoms with E-state index in [0.29, 0.717) is 13.1 Å². The minimum Gasteiger partial charge on any atom is -0.341 e. The first-order valence-corrected chi connectivity index (χ1v) is 8.17. The lowest BCUT2D eigenvalue weighted by Crippen LogP contribution is -2.47. The van der Waals surface area contributed by atoms with E-state index in [9.17, 15) is 13.6 Å². The zero-order chi connectivity index (χ0) is 16.6. The van der Waals surface area contributed by atoms with Crippen LogP contribution in [0.15, 0.2) is 6.33 Å². The number of hydrogen-bond acceptors (Lipinski definition) is 4. The van der Waals surface area contributed by atoms with Gasteiger partial charge in [0.25, 0.3) is 5.92 Å². The lowest BCUT2D eigenvalue weighted by Gasteiger charge is -2.34. The van der Waals surface area contributed by atoms with E-state index in [1.807, 2.05) is 4.57 Å². The van der Waals surface area contributed by atoms with Gasteiger partial charge in [-0.05, 0) is 26.7 Å². The van der Waals surface area contributed by atoms with Crippen molar-refractivity contribution in [1.82, 2.24) is 25.0 Å². The quantitative estimate of drug-likeness (QED) is 0.892. The summed E-state index contributed by atoms with van der Waals surface area (Å²) in [5, 5.41) is 10.8. The molecule has 2 unspecified atom stereocenters. The molecule has 2 aliphatic heterocycles. The van der Waals surface area contributed by atoms with Gasteiger partial charge in [0.2, 0.25) is 5.91 Å². The Hall–Kier alpha value is -1.28. The highest BCUT2D eigenvalue weighted by Gasteiger charge is 2.44. The summed E-state index contributed by atoms with van der Waals surface area (Å²) in [6.45, 7) is 4.84. The number of piperidine rings is 1. The molecule has 2 fully saturated rings. The standard InChI is InChI=1S/C15H23F2N5O.ClH/c1-10(2)22-9-19-20-13(22)11-4-3-5-21(7-11)14(23)12-6-15(16,17)8-18-12;/h9-12,18H,3-8H2,1-2H3;1H. The maximum Gasteiger partial charge on any atom is 0.262 e. The SMILES string of the molecule is CC(C)n1cnnc1C1CCCN(C(=O)C2CC(F)(F)CN2)C1.Cl. The van der Waals surface area contributed by atoms with Crippen LogP contribution in [-0.2, 0) is 4.79 Å². The first-order valence-electron chi connectivity index (χ1n) is 8.17. The van der Waals surface area contributed by atoms with Gasteiger partial charge < -0.3 is 9.47 Å². The highest BCUT2D eigenvalue weighted by Crippen LogP contribution is 2.30. The van der Waals surface area contributed by atoms with Gasteiger partial charge in [-0.3, -0.25) is 10.1 Å². The first-order chi connectivity index (χ1) is 10.9. The Morgan fingerprint density at radius 3 is 2.83 bits per heavy atom. The average molecular weight is 364 g/mol. The smallest absolute Gasteiger partial charge is 0.262 e. The summed E-state index contributed by atoms with van der Waals surface area (Å²) in [7, 11) is 0. The maximum atomic E-state index is 13.3. The number of alkyl halides is 2. The van der Waals surface area contributed by atoms with Crippen LogP contribution >= 0.6 is 12.4 Å². The third-order valence-electron chi connectivity index (χ3n) is 4.66. The van der Waals surface area contributed by atoms with Crippen LogP contribution in [0, 0.1) is 0 Å². The summed E-state index contributed by atoms with van der Waals surface area (Å²) in [5.41, 5.74) is 0. The Bertz CT molecular complexity index is 580. The van der Waals surface area contributed by atoms with Gasteiger partial charge in [0, 0.05) is 31.5 Å². The predicted octanol–water partition coefficient (Wildman–Crippen LogP) is 1.98. The Balaban J connectivity index is 0.00000208. The van der Waals surface area contributed by atoms with Crippen LogP contribution in [0.3, 0.4) is 0 Å². The van der Waals surface area contributed by atoms with Gasteiger partial charge in [0.1, 0.15) is 12.2 Å². The second-order valence-corrected chi connectivity index (χ2v) is 6.81.